The molecule has 1 heterocycles. The van der Waals surface area contributed by atoms with Crippen molar-refractivity contribution in [2.45, 2.75) is 20.3 Å². The van der Waals surface area contributed by atoms with Gasteiger partial charge in [0, 0.05) is 23.9 Å². The minimum Gasteiger partial charge on any atom is -0.455 e. The Morgan fingerprint density at radius 1 is 0.958 bits per heavy atom. The molecule has 0 atom stereocenters. The van der Waals surface area contributed by atoms with Crippen LogP contribution in [-0.4, -0.2) is 30.3 Å². The zero-order chi connectivity index (χ0) is 16.9. The molecule has 0 saturated heterocycles. The maximum Gasteiger partial charge on any atom is 0.168 e. The molecule has 0 aliphatic heterocycles. The molecule has 1 aromatic heterocycles. The number of hydrogen-bond donors (Lipinski definition) is 0. The average molecular weight is 321 g/mol. The second-order valence-electron chi connectivity index (χ2n) is 5.87. The number of hydrogen-bond acceptors (Lipinski definition) is 3. The molecule has 0 fully saturated rings. The monoisotopic (exact) mass is 321 g/mol. The topological polar surface area (TPSA) is 33.5 Å². The molecule has 0 N–H and O–H groups in total. The largest absolute Gasteiger partial charge is 0.455 e. The fourth-order valence-corrected chi connectivity index (χ4v) is 3.04. The lowest BCUT2D eigenvalue weighted by Crippen LogP contribution is -2.25. The molecular weight excluding hydrogens is 298 g/mol. The van der Waals surface area contributed by atoms with Gasteiger partial charge >= 0.3 is 0 Å². The third-order valence-electron chi connectivity index (χ3n) is 4.46. The van der Waals surface area contributed by atoms with Crippen molar-refractivity contribution in [2.75, 3.05) is 19.6 Å². The average Bonchev–Trinajstić information content (AvgIpc) is 3.02. The number of para-hydroxylation sites is 1. The third kappa shape index (κ3) is 3.26. The molecule has 0 spiro atoms. The Hall–Kier alpha value is -2.39. The van der Waals surface area contributed by atoms with Gasteiger partial charge in [-0.3, -0.25) is 4.79 Å². The van der Waals surface area contributed by atoms with E-state index >= 15 is 0 Å². The van der Waals surface area contributed by atoms with E-state index in [0.29, 0.717) is 17.7 Å². The van der Waals surface area contributed by atoms with Gasteiger partial charge in [-0.05, 0) is 19.2 Å². The lowest BCUT2D eigenvalue weighted by molar-refractivity contribution is 0.0968. The highest BCUT2D eigenvalue weighted by Crippen LogP contribution is 2.34. The van der Waals surface area contributed by atoms with Gasteiger partial charge in [-0.2, -0.15) is 0 Å². The van der Waals surface area contributed by atoms with Gasteiger partial charge in [0.25, 0.3) is 0 Å². The molecule has 0 radical (unpaired) electrons. The van der Waals surface area contributed by atoms with E-state index in [9.17, 15) is 4.79 Å². The molecule has 3 aromatic rings. The summed E-state index contributed by atoms with van der Waals surface area (Å²) in [5, 5.41) is 0.904. The summed E-state index contributed by atoms with van der Waals surface area (Å²) < 4.78 is 6.03. The van der Waals surface area contributed by atoms with Crippen molar-refractivity contribution < 1.29 is 9.21 Å². The molecule has 124 valence electrons. The predicted molar refractivity (Wildman–Crippen MR) is 98.4 cm³/mol. The SMILES string of the molecule is CCN(CC)CCC(=O)c1c(-c2ccccc2)oc2ccccc12. The van der Waals surface area contributed by atoms with Crippen molar-refractivity contribution in [1.29, 1.82) is 0 Å². The smallest absolute Gasteiger partial charge is 0.168 e. The van der Waals surface area contributed by atoms with Gasteiger partial charge in [-0.15, -0.1) is 0 Å². The number of Topliss-reactive ketones (excluding diaryl/α,β-unsaturated/α-hetero) is 1. The lowest BCUT2D eigenvalue weighted by Gasteiger charge is -2.17. The van der Waals surface area contributed by atoms with Crippen LogP contribution in [0.3, 0.4) is 0 Å². The Labute approximate surface area is 142 Å². The van der Waals surface area contributed by atoms with Crippen molar-refractivity contribution in [3.8, 4) is 11.3 Å². The van der Waals surface area contributed by atoms with Gasteiger partial charge in [0.2, 0.25) is 0 Å². The van der Waals surface area contributed by atoms with E-state index in [0.717, 1.165) is 36.2 Å². The quantitative estimate of drug-likeness (QED) is 0.573. The standard InChI is InChI=1S/C21H23NO2/c1-3-22(4-2)15-14-18(23)20-17-12-8-9-13-19(17)24-21(20)16-10-6-5-7-11-16/h5-13H,3-4,14-15H2,1-2H3. The Morgan fingerprint density at radius 2 is 1.62 bits per heavy atom. The summed E-state index contributed by atoms with van der Waals surface area (Å²) in [6, 6.07) is 17.6. The van der Waals surface area contributed by atoms with Crippen LogP contribution in [0.5, 0.6) is 0 Å². The van der Waals surface area contributed by atoms with E-state index < -0.39 is 0 Å². The molecule has 0 unspecified atom stereocenters. The van der Waals surface area contributed by atoms with E-state index in [-0.39, 0.29) is 5.78 Å². The summed E-state index contributed by atoms with van der Waals surface area (Å²) in [7, 11) is 0. The molecule has 0 aliphatic carbocycles. The van der Waals surface area contributed by atoms with E-state index in [2.05, 4.69) is 18.7 Å². The minimum atomic E-state index is 0.144. The molecule has 0 saturated carbocycles. The zero-order valence-corrected chi connectivity index (χ0v) is 14.3. The minimum absolute atomic E-state index is 0.144. The van der Waals surface area contributed by atoms with Crippen molar-refractivity contribution in [3.05, 3.63) is 60.2 Å². The fourth-order valence-electron chi connectivity index (χ4n) is 3.04. The number of carbonyl (C=O) groups is 1. The summed E-state index contributed by atoms with van der Waals surface area (Å²) in [4.78, 5) is 15.2. The molecule has 24 heavy (non-hydrogen) atoms. The first-order valence-electron chi connectivity index (χ1n) is 8.57. The van der Waals surface area contributed by atoms with Crippen molar-refractivity contribution in [1.82, 2.24) is 4.90 Å². The van der Waals surface area contributed by atoms with Crippen LogP contribution in [-0.2, 0) is 0 Å². The molecule has 3 heteroatoms. The number of furan rings is 1. The Balaban J connectivity index is 2.00. The first kappa shape index (κ1) is 16.5. The van der Waals surface area contributed by atoms with Crippen LogP contribution in [0.25, 0.3) is 22.3 Å². The maximum atomic E-state index is 13.0. The molecule has 3 nitrogen and oxygen atoms in total. The van der Waals surface area contributed by atoms with Crippen LogP contribution < -0.4 is 0 Å². The van der Waals surface area contributed by atoms with Crippen LogP contribution in [0.4, 0.5) is 0 Å². The van der Waals surface area contributed by atoms with Gasteiger partial charge in [-0.25, -0.2) is 0 Å². The highest BCUT2D eigenvalue weighted by Gasteiger charge is 2.21. The van der Waals surface area contributed by atoms with Gasteiger partial charge < -0.3 is 9.32 Å². The number of fused-ring (bicyclic) bond motifs is 1. The van der Waals surface area contributed by atoms with Crippen LogP contribution in [0.1, 0.15) is 30.6 Å². The predicted octanol–water partition coefficient (Wildman–Crippen LogP) is 5.01. The van der Waals surface area contributed by atoms with E-state index in [1.807, 2.05) is 54.6 Å². The van der Waals surface area contributed by atoms with E-state index in [4.69, 9.17) is 4.42 Å². The van der Waals surface area contributed by atoms with Crippen LogP contribution in [0.2, 0.25) is 0 Å². The van der Waals surface area contributed by atoms with Crippen molar-refractivity contribution in [2.24, 2.45) is 0 Å². The number of nitrogens with zero attached hydrogens (tertiary/aromatic N) is 1. The van der Waals surface area contributed by atoms with Gasteiger partial charge in [0.1, 0.15) is 11.3 Å². The van der Waals surface area contributed by atoms with Crippen LogP contribution in [0.15, 0.2) is 59.0 Å². The molecule has 0 bridgehead atoms. The Bertz CT molecular complexity index is 816. The van der Waals surface area contributed by atoms with E-state index in [1.165, 1.54) is 0 Å². The number of carbonyl (C=O) groups excluding carboxylic acids is 1. The summed E-state index contributed by atoms with van der Waals surface area (Å²) in [5.41, 5.74) is 2.42. The normalized spacial score (nSPS) is 11.3. The van der Waals surface area contributed by atoms with Gasteiger partial charge in [0.15, 0.2) is 5.78 Å². The Kier molecular flexibility index (Phi) is 5.11. The summed E-state index contributed by atoms with van der Waals surface area (Å²) in [5.74, 6) is 0.826. The third-order valence-corrected chi connectivity index (χ3v) is 4.46. The van der Waals surface area contributed by atoms with Crippen LogP contribution in [0, 0.1) is 0 Å². The van der Waals surface area contributed by atoms with Gasteiger partial charge in [0.05, 0.1) is 5.56 Å². The Morgan fingerprint density at radius 3 is 2.33 bits per heavy atom. The van der Waals surface area contributed by atoms with E-state index in [1.54, 1.807) is 0 Å². The van der Waals surface area contributed by atoms with Crippen molar-refractivity contribution in [3.63, 3.8) is 0 Å². The summed E-state index contributed by atoms with van der Waals surface area (Å²) in [6.07, 6.45) is 0.505. The fraction of sp³-hybridized carbons (Fsp3) is 0.286. The molecule has 2 aromatic carbocycles. The first-order chi connectivity index (χ1) is 11.7. The number of benzene rings is 2. The zero-order valence-electron chi connectivity index (χ0n) is 14.3. The molecular formula is C21H23NO2. The molecule has 3 rings (SSSR count). The lowest BCUT2D eigenvalue weighted by atomic mass is 10.00. The van der Waals surface area contributed by atoms with Gasteiger partial charge in [-0.1, -0.05) is 62.4 Å². The second kappa shape index (κ2) is 7.45. The number of rotatable bonds is 7. The molecule has 0 aliphatic rings. The summed E-state index contributed by atoms with van der Waals surface area (Å²) >= 11 is 0. The number of ketones is 1. The highest BCUT2D eigenvalue weighted by molar-refractivity contribution is 6.12. The highest BCUT2D eigenvalue weighted by atomic mass is 16.3. The summed E-state index contributed by atoms with van der Waals surface area (Å²) in [6.45, 7) is 6.94. The first-order valence-corrected chi connectivity index (χ1v) is 8.57. The van der Waals surface area contributed by atoms with Crippen molar-refractivity contribution >= 4 is 16.8 Å². The molecule has 0 amide bonds. The maximum absolute atomic E-state index is 13.0. The second-order valence-corrected chi connectivity index (χ2v) is 5.87. The van der Waals surface area contributed by atoms with Crippen LogP contribution >= 0.6 is 0 Å².